The maximum absolute atomic E-state index is 12.0. The molecule has 0 aliphatic rings. The second kappa shape index (κ2) is 7.15. The van der Waals surface area contributed by atoms with Crippen LogP contribution in [0.2, 0.25) is 0 Å². The van der Waals surface area contributed by atoms with Crippen LogP contribution in [0.25, 0.3) is 0 Å². The Balaban J connectivity index is 2.69. The summed E-state index contributed by atoms with van der Waals surface area (Å²) in [4.78, 5) is 22.9. The lowest BCUT2D eigenvalue weighted by molar-refractivity contribution is -0.153. The van der Waals surface area contributed by atoms with E-state index >= 15 is 0 Å². The van der Waals surface area contributed by atoms with Crippen molar-refractivity contribution in [2.24, 2.45) is 5.92 Å². The average molecular weight is 319 g/mol. The molecule has 1 unspecified atom stereocenters. The van der Waals surface area contributed by atoms with Crippen LogP contribution in [-0.2, 0) is 4.79 Å². The molecule has 1 rings (SSSR count). The summed E-state index contributed by atoms with van der Waals surface area (Å²) in [5, 5.41) is 11.3. The highest BCUT2D eigenvalue weighted by atomic mass is 19.4. The summed E-state index contributed by atoms with van der Waals surface area (Å²) in [6.07, 6.45) is -4.44. The molecule has 8 heteroatoms. The number of hydrogen-bond acceptors (Lipinski definition) is 3. The van der Waals surface area contributed by atoms with Crippen LogP contribution in [0, 0.1) is 5.92 Å². The molecule has 1 amide bonds. The molecule has 122 valence electrons. The molecule has 0 heterocycles. The molecule has 1 aromatic rings. The average Bonchev–Trinajstić information content (AvgIpc) is 2.41. The molecular formula is C14H16F3NO4. The van der Waals surface area contributed by atoms with E-state index in [0.717, 1.165) is 0 Å². The monoisotopic (exact) mass is 319 g/mol. The first kappa shape index (κ1) is 17.8. The lowest BCUT2D eigenvalue weighted by Gasteiger charge is -2.18. The maximum Gasteiger partial charge on any atom is 0.422 e. The summed E-state index contributed by atoms with van der Waals surface area (Å²) in [6, 6.07) is 3.91. The zero-order chi connectivity index (χ0) is 16.9. The Bertz CT molecular complexity index is 526. The number of ether oxygens (including phenoxy) is 1. The molecule has 0 saturated carbocycles. The Morgan fingerprint density at radius 1 is 1.23 bits per heavy atom. The number of amides is 1. The molecule has 2 N–H and O–H groups in total. The van der Waals surface area contributed by atoms with E-state index in [2.05, 4.69) is 10.1 Å². The molecule has 0 radical (unpaired) electrons. The van der Waals surface area contributed by atoms with Crippen molar-refractivity contribution in [2.75, 3.05) is 6.61 Å². The van der Waals surface area contributed by atoms with Crippen molar-refractivity contribution in [3.05, 3.63) is 29.8 Å². The molecular weight excluding hydrogens is 303 g/mol. The molecule has 1 aromatic carbocycles. The molecule has 0 bridgehead atoms. The van der Waals surface area contributed by atoms with E-state index in [1.54, 1.807) is 13.8 Å². The van der Waals surface area contributed by atoms with Gasteiger partial charge in [0, 0.05) is 5.56 Å². The molecule has 0 aliphatic heterocycles. The molecule has 0 spiro atoms. The van der Waals surface area contributed by atoms with E-state index in [-0.39, 0.29) is 17.2 Å². The molecule has 0 fully saturated rings. The first-order chi connectivity index (χ1) is 10.1. The minimum atomic E-state index is -4.44. The lowest BCUT2D eigenvalue weighted by atomic mass is 10.0. The Morgan fingerprint density at radius 2 is 1.77 bits per heavy atom. The predicted octanol–water partition coefficient (Wildman–Crippen LogP) is 2.47. The highest BCUT2D eigenvalue weighted by Gasteiger charge is 2.28. The van der Waals surface area contributed by atoms with E-state index in [1.165, 1.54) is 24.3 Å². The van der Waals surface area contributed by atoms with Crippen LogP contribution >= 0.6 is 0 Å². The van der Waals surface area contributed by atoms with Gasteiger partial charge >= 0.3 is 12.1 Å². The van der Waals surface area contributed by atoms with Crippen LogP contribution in [0.1, 0.15) is 24.2 Å². The predicted molar refractivity (Wildman–Crippen MR) is 71.7 cm³/mol. The number of carbonyl (C=O) groups is 2. The van der Waals surface area contributed by atoms with Crippen molar-refractivity contribution < 1.29 is 32.6 Å². The van der Waals surface area contributed by atoms with Gasteiger partial charge in [0.2, 0.25) is 0 Å². The summed E-state index contributed by atoms with van der Waals surface area (Å²) in [7, 11) is 0. The van der Waals surface area contributed by atoms with Crippen molar-refractivity contribution in [1.82, 2.24) is 5.32 Å². The van der Waals surface area contributed by atoms with Crippen LogP contribution < -0.4 is 10.1 Å². The molecule has 5 nitrogen and oxygen atoms in total. The number of benzene rings is 1. The van der Waals surface area contributed by atoms with Crippen LogP contribution in [0.5, 0.6) is 5.75 Å². The molecule has 22 heavy (non-hydrogen) atoms. The number of aliphatic carboxylic acids is 1. The van der Waals surface area contributed by atoms with E-state index < -0.39 is 30.7 Å². The number of alkyl halides is 3. The number of carboxylic acids is 1. The van der Waals surface area contributed by atoms with Crippen LogP contribution in [0.3, 0.4) is 0 Å². The van der Waals surface area contributed by atoms with E-state index in [9.17, 15) is 22.8 Å². The van der Waals surface area contributed by atoms with Crippen molar-refractivity contribution >= 4 is 11.9 Å². The van der Waals surface area contributed by atoms with Crippen molar-refractivity contribution in [3.63, 3.8) is 0 Å². The van der Waals surface area contributed by atoms with Gasteiger partial charge in [0.15, 0.2) is 6.61 Å². The second-order valence-corrected chi connectivity index (χ2v) is 4.96. The molecule has 0 aliphatic carbocycles. The number of carbonyl (C=O) groups excluding carboxylic acids is 1. The quantitative estimate of drug-likeness (QED) is 0.844. The first-order valence-electron chi connectivity index (χ1n) is 6.43. The topological polar surface area (TPSA) is 75.6 Å². The summed E-state index contributed by atoms with van der Waals surface area (Å²) in [6.45, 7) is 1.87. The third-order valence-electron chi connectivity index (χ3n) is 2.74. The standard InChI is InChI=1S/C14H16F3NO4/c1-8(2)11(13(20)21)18-12(19)9-3-5-10(6-4-9)22-7-14(15,16)17/h3-6,8,11H,7H2,1-2H3,(H,18,19)(H,20,21). The number of carboxylic acid groups (broad SMARTS) is 1. The third-order valence-corrected chi connectivity index (χ3v) is 2.74. The molecule has 1 atom stereocenters. The molecule has 0 aromatic heterocycles. The minimum Gasteiger partial charge on any atom is -0.484 e. The van der Waals surface area contributed by atoms with Crippen molar-refractivity contribution in [3.8, 4) is 5.75 Å². The fourth-order valence-electron chi connectivity index (χ4n) is 1.61. The van der Waals surface area contributed by atoms with Gasteiger partial charge in [-0.3, -0.25) is 4.79 Å². The second-order valence-electron chi connectivity index (χ2n) is 4.96. The first-order valence-corrected chi connectivity index (χ1v) is 6.43. The highest BCUT2D eigenvalue weighted by molar-refractivity contribution is 5.96. The molecule has 0 saturated heterocycles. The smallest absolute Gasteiger partial charge is 0.422 e. The van der Waals surface area contributed by atoms with E-state index in [0.29, 0.717) is 0 Å². The van der Waals surface area contributed by atoms with Crippen LogP contribution in [0.15, 0.2) is 24.3 Å². The Labute approximate surface area is 125 Å². The van der Waals surface area contributed by atoms with Crippen LogP contribution in [-0.4, -0.2) is 35.8 Å². The number of rotatable bonds is 6. The van der Waals surface area contributed by atoms with Gasteiger partial charge in [-0.05, 0) is 30.2 Å². The van der Waals surface area contributed by atoms with E-state index in [4.69, 9.17) is 5.11 Å². The largest absolute Gasteiger partial charge is 0.484 e. The lowest BCUT2D eigenvalue weighted by Crippen LogP contribution is -2.44. The van der Waals surface area contributed by atoms with Gasteiger partial charge in [0.05, 0.1) is 0 Å². The van der Waals surface area contributed by atoms with Crippen molar-refractivity contribution in [1.29, 1.82) is 0 Å². The van der Waals surface area contributed by atoms with Gasteiger partial charge in [-0.1, -0.05) is 13.8 Å². The Hall–Kier alpha value is -2.25. The van der Waals surface area contributed by atoms with Gasteiger partial charge in [-0.25, -0.2) is 4.79 Å². The number of hydrogen-bond donors (Lipinski definition) is 2. The SMILES string of the molecule is CC(C)C(NC(=O)c1ccc(OCC(F)(F)F)cc1)C(=O)O. The Kier molecular flexibility index (Phi) is 5.78. The zero-order valence-corrected chi connectivity index (χ0v) is 12.0. The summed E-state index contributed by atoms with van der Waals surface area (Å²) < 4.78 is 40.5. The normalized spacial score (nSPS) is 12.8. The van der Waals surface area contributed by atoms with E-state index in [1.807, 2.05) is 0 Å². The fourth-order valence-corrected chi connectivity index (χ4v) is 1.61. The maximum atomic E-state index is 12.0. The highest BCUT2D eigenvalue weighted by Crippen LogP contribution is 2.19. The van der Waals surface area contributed by atoms with Gasteiger partial charge in [0.1, 0.15) is 11.8 Å². The van der Waals surface area contributed by atoms with Gasteiger partial charge in [0.25, 0.3) is 5.91 Å². The van der Waals surface area contributed by atoms with Gasteiger partial charge < -0.3 is 15.2 Å². The van der Waals surface area contributed by atoms with Gasteiger partial charge in [-0.15, -0.1) is 0 Å². The third kappa shape index (κ3) is 5.63. The summed E-state index contributed by atoms with van der Waals surface area (Å²) in [5.41, 5.74) is 0.131. The minimum absolute atomic E-state index is 0.0347. The number of nitrogens with one attached hydrogen (secondary N) is 1. The van der Waals surface area contributed by atoms with Crippen molar-refractivity contribution in [2.45, 2.75) is 26.1 Å². The Morgan fingerprint density at radius 3 is 2.18 bits per heavy atom. The summed E-state index contributed by atoms with van der Waals surface area (Å²) in [5.74, 6) is -2.12. The van der Waals surface area contributed by atoms with Crippen LogP contribution in [0.4, 0.5) is 13.2 Å². The fraction of sp³-hybridized carbons (Fsp3) is 0.429. The van der Waals surface area contributed by atoms with Gasteiger partial charge in [-0.2, -0.15) is 13.2 Å². The number of halogens is 3. The zero-order valence-electron chi connectivity index (χ0n) is 12.0. The summed E-state index contributed by atoms with van der Waals surface area (Å²) >= 11 is 0.